The van der Waals surface area contributed by atoms with Crippen LogP contribution in [0.4, 0.5) is 0 Å². The van der Waals surface area contributed by atoms with Gasteiger partial charge in [-0.15, -0.1) is 0 Å². The van der Waals surface area contributed by atoms with Crippen LogP contribution in [-0.4, -0.2) is 18.0 Å². The van der Waals surface area contributed by atoms with Crippen LogP contribution in [0.5, 0.6) is 0 Å². The van der Waals surface area contributed by atoms with Crippen LogP contribution in [0, 0.1) is 0 Å². The third-order valence-electron chi connectivity index (χ3n) is 1.35. The summed E-state index contributed by atoms with van der Waals surface area (Å²) < 4.78 is 4.75. The molecule has 0 heterocycles. The van der Waals surface area contributed by atoms with Gasteiger partial charge in [-0.3, -0.25) is 4.79 Å². The Kier molecular flexibility index (Phi) is 3.90. The molecule has 0 aromatic carbocycles. The maximum Gasteiger partial charge on any atom is 0.184 e. The van der Waals surface area contributed by atoms with Gasteiger partial charge in [-0.1, -0.05) is 0 Å². The first kappa shape index (κ1) is 10.6. The van der Waals surface area contributed by atoms with Gasteiger partial charge in [-0.2, -0.15) is 0 Å². The maximum absolute atomic E-state index is 10.7. The fraction of sp³-hybridized carbons (Fsp3) is 0.375. The van der Waals surface area contributed by atoms with Gasteiger partial charge >= 0.3 is 0 Å². The number of Topliss-reactive ketones (excluding diaryl/α,β-unsaturated/α-hetero) is 1. The first-order valence-corrected chi connectivity index (χ1v) is 3.44. The number of aliphatic hydroxyl groups is 1. The third-order valence-corrected chi connectivity index (χ3v) is 1.35. The molecule has 0 atom stereocenters. The summed E-state index contributed by atoms with van der Waals surface area (Å²) in [5.74, 6) is -0.501. The van der Waals surface area contributed by atoms with Crippen LogP contribution in [0.2, 0.25) is 0 Å². The molecule has 0 bridgehead atoms. The van der Waals surface area contributed by atoms with Crippen LogP contribution >= 0.6 is 0 Å². The largest absolute Gasteiger partial charge is 0.503 e. The van der Waals surface area contributed by atoms with Gasteiger partial charge in [0.15, 0.2) is 17.3 Å². The van der Waals surface area contributed by atoms with Crippen LogP contribution in [0.1, 0.15) is 13.8 Å². The van der Waals surface area contributed by atoms with Crippen molar-refractivity contribution in [1.29, 1.82) is 0 Å². The Labute approximate surface area is 71.3 Å². The van der Waals surface area contributed by atoms with E-state index >= 15 is 0 Å². The quantitative estimate of drug-likeness (QED) is 0.375. The number of carbonyl (C=O) groups is 1. The van der Waals surface area contributed by atoms with Crippen molar-refractivity contribution < 1.29 is 14.6 Å². The monoisotopic (exact) mass is 171 g/mol. The van der Waals surface area contributed by atoms with E-state index in [1.807, 2.05) is 0 Å². The molecule has 0 radical (unpaired) electrons. The molecule has 0 aliphatic carbocycles. The second-order valence-corrected chi connectivity index (χ2v) is 2.18. The van der Waals surface area contributed by atoms with Gasteiger partial charge in [-0.25, -0.2) is 0 Å². The summed E-state index contributed by atoms with van der Waals surface area (Å²) in [6, 6.07) is 0. The van der Waals surface area contributed by atoms with Gasteiger partial charge in [0.05, 0.1) is 7.11 Å². The molecule has 0 aliphatic rings. The second-order valence-electron chi connectivity index (χ2n) is 2.18. The van der Waals surface area contributed by atoms with Gasteiger partial charge in [0, 0.05) is 6.92 Å². The summed E-state index contributed by atoms with van der Waals surface area (Å²) >= 11 is 0. The zero-order chi connectivity index (χ0) is 9.72. The van der Waals surface area contributed by atoms with Crippen molar-refractivity contribution in [3.8, 4) is 0 Å². The number of hydrogen-bond acceptors (Lipinski definition) is 4. The van der Waals surface area contributed by atoms with Gasteiger partial charge in [0.2, 0.25) is 0 Å². The lowest BCUT2D eigenvalue weighted by Crippen LogP contribution is -2.12. The van der Waals surface area contributed by atoms with Crippen molar-refractivity contribution in [3.63, 3.8) is 0 Å². The normalized spacial score (nSPS) is 13.8. The van der Waals surface area contributed by atoms with E-state index in [4.69, 9.17) is 10.5 Å². The number of nitrogens with two attached hydrogens (primary N) is 1. The van der Waals surface area contributed by atoms with Gasteiger partial charge < -0.3 is 15.6 Å². The first-order chi connectivity index (χ1) is 5.54. The Morgan fingerprint density at radius 2 is 2.08 bits per heavy atom. The molecule has 0 fully saturated rings. The number of carbonyl (C=O) groups excluding carboxylic acids is 1. The maximum atomic E-state index is 10.7. The summed E-state index contributed by atoms with van der Waals surface area (Å²) in [4.78, 5) is 10.7. The average molecular weight is 171 g/mol. The topological polar surface area (TPSA) is 72.6 Å². The Hall–Kier alpha value is -1.45. The van der Waals surface area contributed by atoms with Crippen LogP contribution in [0.3, 0.4) is 0 Å². The van der Waals surface area contributed by atoms with Crippen molar-refractivity contribution in [2.75, 3.05) is 7.11 Å². The molecule has 0 rings (SSSR count). The molecular formula is C8H13NO3. The van der Waals surface area contributed by atoms with Crippen LogP contribution < -0.4 is 5.73 Å². The highest BCUT2D eigenvalue weighted by Gasteiger charge is 2.10. The molecule has 0 amide bonds. The molecule has 0 spiro atoms. The van der Waals surface area contributed by atoms with Crippen molar-refractivity contribution in [2.24, 2.45) is 5.73 Å². The van der Waals surface area contributed by atoms with E-state index in [0.29, 0.717) is 0 Å². The number of hydrogen-bond donors (Lipinski definition) is 2. The van der Waals surface area contributed by atoms with Gasteiger partial charge in [0.1, 0.15) is 5.70 Å². The number of methoxy groups -OCH3 is 1. The minimum atomic E-state index is -0.385. The van der Waals surface area contributed by atoms with Crippen molar-refractivity contribution in [1.82, 2.24) is 0 Å². The zero-order valence-electron chi connectivity index (χ0n) is 7.42. The van der Waals surface area contributed by atoms with E-state index in [2.05, 4.69) is 0 Å². The number of ketones is 1. The number of allylic oxidation sites excluding steroid dienone is 2. The van der Waals surface area contributed by atoms with E-state index in [0.717, 1.165) is 0 Å². The number of rotatable bonds is 3. The fourth-order valence-corrected chi connectivity index (χ4v) is 0.651. The lowest BCUT2D eigenvalue weighted by molar-refractivity contribution is -0.113. The van der Waals surface area contributed by atoms with Crippen molar-refractivity contribution in [2.45, 2.75) is 13.8 Å². The third kappa shape index (κ3) is 2.30. The second kappa shape index (κ2) is 4.43. The standard InChI is InChI=1S/C8H13NO3/c1-4-6(12-3)8(11)7(9)5(2)10/h4,11H,9H2,1-3H3/b6-4+,8-7+. The molecule has 4 nitrogen and oxygen atoms in total. The molecule has 4 heteroatoms. The van der Waals surface area contributed by atoms with E-state index in [-0.39, 0.29) is 23.0 Å². The Balaban J connectivity index is 4.89. The molecule has 0 saturated carbocycles. The summed E-state index contributed by atoms with van der Waals surface area (Å²) in [7, 11) is 1.39. The van der Waals surface area contributed by atoms with E-state index in [1.165, 1.54) is 20.1 Å². The Morgan fingerprint density at radius 3 is 2.33 bits per heavy atom. The molecule has 68 valence electrons. The lowest BCUT2D eigenvalue weighted by Gasteiger charge is -2.05. The molecule has 0 aliphatic heterocycles. The van der Waals surface area contributed by atoms with Crippen LogP contribution in [0.25, 0.3) is 0 Å². The first-order valence-electron chi connectivity index (χ1n) is 3.44. The number of ether oxygens (including phenoxy) is 1. The van der Waals surface area contributed by atoms with Gasteiger partial charge in [0.25, 0.3) is 0 Å². The highest BCUT2D eigenvalue weighted by atomic mass is 16.5. The highest BCUT2D eigenvalue weighted by Crippen LogP contribution is 2.09. The van der Waals surface area contributed by atoms with E-state index < -0.39 is 0 Å². The summed E-state index contributed by atoms with van der Waals surface area (Å²) in [5.41, 5.74) is 5.08. The Bertz CT molecular complexity index is 241. The number of aliphatic hydroxyl groups excluding tert-OH is 1. The van der Waals surface area contributed by atoms with Crippen LogP contribution in [-0.2, 0) is 9.53 Å². The molecule has 0 aromatic rings. The minimum Gasteiger partial charge on any atom is -0.503 e. The zero-order valence-corrected chi connectivity index (χ0v) is 7.42. The van der Waals surface area contributed by atoms with Crippen LogP contribution in [0.15, 0.2) is 23.3 Å². The molecule has 3 N–H and O–H groups in total. The molecule has 12 heavy (non-hydrogen) atoms. The lowest BCUT2D eigenvalue weighted by atomic mass is 10.2. The SMILES string of the molecule is C/C=C(OC)\C(O)=C(/N)C(C)=O. The summed E-state index contributed by atoms with van der Waals surface area (Å²) in [6.45, 7) is 2.94. The summed E-state index contributed by atoms with van der Waals surface area (Å²) in [6.07, 6.45) is 1.52. The fourth-order valence-electron chi connectivity index (χ4n) is 0.651. The molecule has 0 saturated heterocycles. The molecule has 0 unspecified atom stereocenters. The average Bonchev–Trinajstić information content (AvgIpc) is 2.05. The van der Waals surface area contributed by atoms with Crippen molar-refractivity contribution >= 4 is 5.78 Å². The van der Waals surface area contributed by atoms with Gasteiger partial charge in [-0.05, 0) is 13.0 Å². The van der Waals surface area contributed by atoms with E-state index in [9.17, 15) is 9.90 Å². The molecular weight excluding hydrogens is 158 g/mol. The smallest absolute Gasteiger partial charge is 0.184 e. The predicted molar refractivity (Wildman–Crippen MR) is 45.3 cm³/mol. The molecule has 0 aromatic heterocycles. The van der Waals surface area contributed by atoms with E-state index in [1.54, 1.807) is 6.92 Å². The Morgan fingerprint density at radius 1 is 1.58 bits per heavy atom. The minimum absolute atomic E-state index is 0.190. The highest BCUT2D eigenvalue weighted by molar-refractivity contribution is 5.93. The summed E-state index contributed by atoms with van der Waals surface area (Å²) in [5, 5.41) is 9.29. The predicted octanol–water partition coefficient (Wildman–Crippen LogP) is 0.854. The van der Waals surface area contributed by atoms with Crippen molar-refractivity contribution in [3.05, 3.63) is 23.3 Å².